The van der Waals surface area contributed by atoms with E-state index >= 15 is 0 Å². The number of halogens is 1. The van der Waals surface area contributed by atoms with Gasteiger partial charge in [0.15, 0.2) is 0 Å². The van der Waals surface area contributed by atoms with Crippen LogP contribution in [0.5, 0.6) is 0 Å². The summed E-state index contributed by atoms with van der Waals surface area (Å²) >= 11 is 4.80. The van der Waals surface area contributed by atoms with E-state index in [1.54, 1.807) is 0 Å². The molecule has 0 bridgehead atoms. The molecule has 4 heteroatoms. The lowest BCUT2D eigenvalue weighted by molar-refractivity contribution is 0.0701. The SMILES string of the molecule is O=C(O)c1sc2cc(Br)ccc2c1C1CC1. The van der Waals surface area contributed by atoms with Crippen molar-refractivity contribution >= 4 is 43.3 Å². The summed E-state index contributed by atoms with van der Waals surface area (Å²) in [6, 6.07) is 6.00. The number of hydrogen-bond donors (Lipinski definition) is 1. The lowest BCUT2D eigenvalue weighted by atomic mass is 10.1. The number of aromatic carboxylic acids is 1. The van der Waals surface area contributed by atoms with Gasteiger partial charge < -0.3 is 5.11 Å². The molecule has 0 spiro atoms. The summed E-state index contributed by atoms with van der Waals surface area (Å²) in [4.78, 5) is 11.7. The quantitative estimate of drug-likeness (QED) is 0.900. The van der Waals surface area contributed by atoms with E-state index in [1.807, 2.05) is 18.2 Å². The van der Waals surface area contributed by atoms with Crippen molar-refractivity contribution in [3.8, 4) is 0 Å². The molecule has 0 unspecified atom stereocenters. The van der Waals surface area contributed by atoms with Gasteiger partial charge in [0, 0.05) is 9.17 Å². The van der Waals surface area contributed by atoms with E-state index in [4.69, 9.17) is 0 Å². The molecule has 82 valence electrons. The maximum atomic E-state index is 11.2. The Kier molecular flexibility index (Phi) is 2.30. The molecule has 1 saturated carbocycles. The summed E-state index contributed by atoms with van der Waals surface area (Å²) in [5, 5.41) is 10.3. The first-order valence-electron chi connectivity index (χ1n) is 5.12. The highest BCUT2D eigenvalue weighted by Crippen LogP contribution is 2.48. The molecule has 3 rings (SSSR count). The second-order valence-corrected chi connectivity index (χ2v) is 6.03. The lowest BCUT2D eigenvalue weighted by Crippen LogP contribution is -1.96. The Morgan fingerprint density at radius 3 is 2.81 bits per heavy atom. The topological polar surface area (TPSA) is 37.3 Å². The summed E-state index contributed by atoms with van der Waals surface area (Å²) in [6.45, 7) is 0. The van der Waals surface area contributed by atoms with E-state index in [-0.39, 0.29) is 0 Å². The molecule has 2 aromatic rings. The second kappa shape index (κ2) is 3.57. The van der Waals surface area contributed by atoms with Crippen molar-refractivity contribution in [2.45, 2.75) is 18.8 Å². The molecule has 0 amide bonds. The number of thiophene rings is 1. The van der Waals surface area contributed by atoms with Gasteiger partial charge in [-0.25, -0.2) is 4.79 Å². The Balaban J connectivity index is 2.32. The highest BCUT2D eigenvalue weighted by Gasteiger charge is 2.31. The highest BCUT2D eigenvalue weighted by molar-refractivity contribution is 9.10. The molecule has 0 saturated heterocycles. The zero-order chi connectivity index (χ0) is 11.3. The van der Waals surface area contributed by atoms with Gasteiger partial charge in [0.25, 0.3) is 0 Å². The van der Waals surface area contributed by atoms with E-state index in [2.05, 4.69) is 15.9 Å². The fraction of sp³-hybridized carbons (Fsp3) is 0.250. The minimum atomic E-state index is -0.792. The Bertz CT molecular complexity index is 584. The Morgan fingerprint density at radius 1 is 1.44 bits per heavy atom. The standard InChI is InChI=1S/C12H9BrO2S/c13-7-3-4-8-9(5-7)16-11(12(14)15)10(8)6-1-2-6/h3-6H,1-2H2,(H,14,15). The molecule has 16 heavy (non-hydrogen) atoms. The average Bonchev–Trinajstić information content (AvgIpc) is 2.99. The molecule has 1 fully saturated rings. The predicted molar refractivity (Wildman–Crippen MR) is 68.5 cm³/mol. The van der Waals surface area contributed by atoms with Gasteiger partial charge in [-0.05, 0) is 41.8 Å². The Morgan fingerprint density at radius 2 is 2.19 bits per heavy atom. The van der Waals surface area contributed by atoms with Crippen LogP contribution in [-0.2, 0) is 0 Å². The number of benzene rings is 1. The molecule has 1 N–H and O–H groups in total. The van der Waals surface area contributed by atoms with Gasteiger partial charge in [-0.2, -0.15) is 0 Å². The molecule has 1 aromatic carbocycles. The van der Waals surface area contributed by atoms with Crippen LogP contribution in [0.4, 0.5) is 0 Å². The van der Waals surface area contributed by atoms with Crippen molar-refractivity contribution in [2.24, 2.45) is 0 Å². The fourth-order valence-electron chi connectivity index (χ4n) is 2.03. The van der Waals surface area contributed by atoms with Gasteiger partial charge in [0.2, 0.25) is 0 Å². The Hall–Kier alpha value is -0.870. The van der Waals surface area contributed by atoms with Gasteiger partial charge in [-0.15, -0.1) is 11.3 Å². The minimum absolute atomic E-state index is 0.473. The zero-order valence-corrected chi connectivity index (χ0v) is 10.8. The second-order valence-electron chi connectivity index (χ2n) is 4.06. The van der Waals surface area contributed by atoms with Crippen LogP contribution in [0.2, 0.25) is 0 Å². The predicted octanol–water partition coefficient (Wildman–Crippen LogP) is 4.24. The highest BCUT2D eigenvalue weighted by atomic mass is 79.9. The minimum Gasteiger partial charge on any atom is -0.477 e. The van der Waals surface area contributed by atoms with Crippen LogP contribution in [0, 0.1) is 0 Å². The number of rotatable bonds is 2. The number of hydrogen-bond acceptors (Lipinski definition) is 2. The fourth-order valence-corrected chi connectivity index (χ4v) is 3.71. The van der Waals surface area contributed by atoms with Crippen LogP contribution >= 0.6 is 27.3 Å². The molecule has 1 aromatic heterocycles. The van der Waals surface area contributed by atoms with Gasteiger partial charge in [0.05, 0.1) is 0 Å². The molecule has 1 aliphatic rings. The van der Waals surface area contributed by atoms with Gasteiger partial charge in [-0.1, -0.05) is 22.0 Å². The maximum Gasteiger partial charge on any atom is 0.346 e. The smallest absolute Gasteiger partial charge is 0.346 e. The van der Waals surface area contributed by atoms with Crippen molar-refractivity contribution in [1.82, 2.24) is 0 Å². The molecule has 0 radical (unpaired) electrons. The summed E-state index contributed by atoms with van der Waals surface area (Å²) in [5.74, 6) is -0.319. The summed E-state index contributed by atoms with van der Waals surface area (Å²) < 4.78 is 2.06. The number of fused-ring (bicyclic) bond motifs is 1. The average molecular weight is 297 g/mol. The van der Waals surface area contributed by atoms with Crippen molar-refractivity contribution in [1.29, 1.82) is 0 Å². The molecule has 0 atom stereocenters. The van der Waals surface area contributed by atoms with Gasteiger partial charge in [-0.3, -0.25) is 0 Å². The van der Waals surface area contributed by atoms with Crippen molar-refractivity contribution in [3.63, 3.8) is 0 Å². The zero-order valence-electron chi connectivity index (χ0n) is 8.37. The normalized spacial score (nSPS) is 15.6. The van der Waals surface area contributed by atoms with Crippen LogP contribution < -0.4 is 0 Å². The van der Waals surface area contributed by atoms with E-state index < -0.39 is 5.97 Å². The summed E-state index contributed by atoms with van der Waals surface area (Å²) in [7, 11) is 0. The number of carboxylic acid groups (broad SMARTS) is 1. The summed E-state index contributed by atoms with van der Waals surface area (Å²) in [6.07, 6.45) is 2.25. The number of carbonyl (C=O) groups is 1. The van der Waals surface area contributed by atoms with E-state index in [9.17, 15) is 9.90 Å². The molecule has 1 aliphatic carbocycles. The van der Waals surface area contributed by atoms with Crippen LogP contribution in [-0.4, -0.2) is 11.1 Å². The van der Waals surface area contributed by atoms with Crippen molar-refractivity contribution in [3.05, 3.63) is 33.1 Å². The third-order valence-corrected chi connectivity index (χ3v) is 4.52. The van der Waals surface area contributed by atoms with Crippen LogP contribution in [0.3, 0.4) is 0 Å². The van der Waals surface area contributed by atoms with Crippen LogP contribution in [0.15, 0.2) is 22.7 Å². The molecular weight excluding hydrogens is 288 g/mol. The molecule has 1 heterocycles. The van der Waals surface area contributed by atoms with E-state index in [0.29, 0.717) is 10.8 Å². The first-order valence-corrected chi connectivity index (χ1v) is 6.73. The Labute approximate surface area is 105 Å². The van der Waals surface area contributed by atoms with Crippen molar-refractivity contribution < 1.29 is 9.90 Å². The maximum absolute atomic E-state index is 11.2. The van der Waals surface area contributed by atoms with Crippen molar-refractivity contribution in [2.75, 3.05) is 0 Å². The third kappa shape index (κ3) is 1.57. The van der Waals surface area contributed by atoms with Crippen LogP contribution in [0.1, 0.15) is 34.0 Å². The van der Waals surface area contributed by atoms with Crippen LogP contribution in [0.25, 0.3) is 10.1 Å². The molecule has 2 nitrogen and oxygen atoms in total. The first-order chi connectivity index (χ1) is 7.66. The first kappa shape index (κ1) is 10.3. The van der Waals surface area contributed by atoms with E-state index in [1.165, 1.54) is 11.3 Å². The van der Waals surface area contributed by atoms with E-state index in [0.717, 1.165) is 33.0 Å². The number of carboxylic acids is 1. The lowest BCUT2D eigenvalue weighted by Gasteiger charge is -1.98. The molecular formula is C12H9BrO2S. The monoisotopic (exact) mass is 296 g/mol. The van der Waals surface area contributed by atoms with Gasteiger partial charge in [0.1, 0.15) is 4.88 Å². The van der Waals surface area contributed by atoms with Gasteiger partial charge >= 0.3 is 5.97 Å². The largest absolute Gasteiger partial charge is 0.477 e. The third-order valence-electron chi connectivity index (χ3n) is 2.87. The molecule has 0 aliphatic heterocycles. The summed E-state index contributed by atoms with van der Waals surface area (Å²) in [5.41, 5.74) is 1.06.